The van der Waals surface area contributed by atoms with Crippen molar-refractivity contribution in [2.45, 2.75) is 48.2 Å². The first-order chi connectivity index (χ1) is 9.49. The highest BCUT2D eigenvalue weighted by Gasteiger charge is 2.31. The number of rotatable bonds is 4. The van der Waals surface area contributed by atoms with Crippen molar-refractivity contribution in [1.29, 1.82) is 0 Å². The maximum Gasteiger partial charge on any atom is 0.446 e. The number of hydrogen-bond donors (Lipinski definition) is 1. The molecule has 0 spiro atoms. The van der Waals surface area contributed by atoms with Crippen LogP contribution in [0.15, 0.2) is 29.2 Å². The van der Waals surface area contributed by atoms with Gasteiger partial charge in [0.2, 0.25) is 0 Å². The summed E-state index contributed by atoms with van der Waals surface area (Å²) in [5.74, 6) is 0. The van der Waals surface area contributed by atoms with Crippen molar-refractivity contribution in [3.63, 3.8) is 0 Å². The SMILES string of the molecule is COC1CCCCC1Nc1ccccc1SC(F)(F)F. The number of nitrogens with one attached hydrogen (secondary N) is 1. The first-order valence-corrected chi connectivity index (χ1v) is 7.45. The molecule has 0 saturated heterocycles. The van der Waals surface area contributed by atoms with Crippen LogP contribution in [0.3, 0.4) is 0 Å². The lowest BCUT2D eigenvalue weighted by molar-refractivity contribution is -0.0327. The van der Waals surface area contributed by atoms with Crippen LogP contribution in [0, 0.1) is 0 Å². The molecule has 0 amide bonds. The molecular formula is C14H18F3NOS. The molecule has 1 aromatic carbocycles. The lowest BCUT2D eigenvalue weighted by atomic mass is 9.92. The van der Waals surface area contributed by atoms with Crippen molar-refractivity contribution in [3.8, 4) is 0 Å². The van der Waals surface area contributed by atoms with E-state index in [4.69, 9.17) is 4.74 Å². The summed E-state index contributed by atoms with van der Waals surface area (Å²) < 4.78 is 43.1. The Balaban J connectivity index is 2.12. The molecule has 20 heavy (non-hydrogen) atoms. The fraction of sp³-hybridized carbons (Fsp3) is 0.571. The van der Waals surface area contributed by atoms with E-state index in [-0.39, 0.29) is 28.8 Å². The average Bonchev–Trinajstić information content (AvgIpc) is 2.40. The van der Waals surface area contributed by atoms with Gasteiger partial charge < -0.3 is 10.1 Å². The van der Waals surface area contributed by atoms with Gasteiger partial charge in [0.05, 0.1) is 12.1 Å². The van der Waals surface area contributed by atoms with Crippen LogP contribution in [0.2, 0.25) is 0 Å². The molecule has 2 atom stereocenters. The largest absolute Gasteiger partial charge is 0.446 e. The molecule has 1 aliphatic carbocycles. The Kier molecular flexibility index (Phi) is 5.21. The molecule has 1 N–H and O–H groups in total. The molecule has 0 aliphatic heterocycles. The number of alkyl halides is 3. The maximum atomic E-state index is 12.6. The van der Waals surface area contributed by atoms with Crippen molar-refractivity contribution in [1.82, 2.24) is 0 Å². The number of halogens is 3. The van der Waals surface area contributed by atoms with E-state index in [1.54, 1.807) is 25.3 Å². The molecule has 6 heteroatoms. The molecule has 0 radical (unpaired) electrons. The van der Waals surface area contributed by atoms with Gasteiger partial charge >= 0.3 is 5.51 Å². The summed E-state index contributed by atoms with van der Waals surface area (Å²) in [5, 5.41) is 3.23. The average molecular weight is 305 g/mol. The zero-order chi connectivity index (χ0) is 14.6. The molecule has 112 valence electrons. The van der Waals surface area contributed by atoms with E-state index < -0.39 is 5.51 Å². The first kappa shape index (κ1) is 15.5. The Labute approximate surface area is 121 Å². The molecule has 2 rings (SSSR count). The zero-order valence-corrected chi connectivity index (χ0v) is 12.1. The van der Waals surface area contributed by atoms with Gasteiger partial charge in [-0.3, -0.25) is 0 Å². The standard InChI is InChI=1S/C14H18F3NOS/c1-19-12-8-4-2-6-10(12)18-11-7-3-5-9-13(11)20-14(15,16)17/h3,5,7,9-10,12,18H,2,4,6,8H2,1H3. The molecular weight excluding hydrogens is 287 g/mol. The fourth-order valence-electron chi connectivity index (χ4n) is 2.54. The van der Waals surface area contributed by atoms with Crippen LogP contribution in [0.5, 0.6) is 0 Å². The van der Waals surface area contributed by atoms with Crippen LogP contribution in [-0.4, -0.2) is 24.8 Å². The molecule has 1 saturated carbocycles. The van der Waals surface area contributed by atoms with Gasteiger partial charge in [-0.15, -0.1) is 0 Å². The summed E-state index contributed by atoms with van der Waals surface area (Å²) in [6.45, 7) is 0. The maximum absolute atomic E-state index is 12.6. The summed E-state index contributed by atoms with van der Waals surface area (Å²) in [6.07, 6.45) is 4.11. The highest BCUT2D eigenvalue weighted by Crippen LogP contribution is 2.41. The second-order valence-corrected chi connectivity index (χ2v) is 5.96. The summed E-state index contributed by atoms with van der Waals surface area (Å²) >= 11 is -0.0785. The van der Waals surface area contributed by atoms with Crippen molar-refractivity contribution < 1.29 is 17.9 Å². The lowest BCUT2D eigenvalue weighted by Crippen LogP contribution is -2.37. The van der Waals surface area contributed by atoms with Gasteiger partial charge in [0.15, 0.2) is 0 Å². The predicted octanol–water partition coefficient (Wildman–Crippen LogP) is 4.67. The third-order valence-electron chi connectivity index (χ3n) is 3.46. The van der Waals surface area contributed by atoms with E-state index in [2.05, 4.69) is 5.32 Å². The van der Waals surface area contributed by atoms with Gasteiger partial charge in [-0.2, -0.15) is 13.2 Å². The molecule has 1 aliphatic rings. The molecule has 2 nitrogen and oxygen atoms in total. The highest BCUT2D eigenvalue weighted by atomic mass is 32.2. The van der Waals surface area contributed by atoms with E-state index in [9.17, 15) is 13.2 Å². The normalized spacial score (nSPS) is 23.6. The minimum Gasteiger partial charge on any atom is -0.379 e. The molecule has 0 aromatic heterocycles. The molecule has 0 heterocycles. The Morgan fingerprint density at radius 3 is 2.60 bits per heavy atom. The summed E-state index contributed by atoms with van der Waals surface area (Å²) in [7, 11) is 1.65. The van der Waals surface area contributed by atoms with Crippen LogP contribution >= 0.6 is 11.8 Å². The Morgan fingerprint density at radius 2 is 1.90 bits per heavy atom. The van der Waals surface area contributed by atoms with Gasteiger partial charge in [-0.1, -0.05) is 25.0 Å². The summed E-state index contributed by atoms with van der Waals surface area (Å²) in [5.41, 5.74) is -3.74. The number of thioether (sulfide) groups is 1. The summed E-state index contributed by atoms with van der Waals surface area (Å²) in [4.78, 5) is 0.209. The van der Waals surface area contributed by atoms with Crippen molar-refractivity contribution >= 4 is 17.4 Å². The van der Waals surface area contributed by atoms with E-state index in [1.807, 2.05) is 0 Å². The first-order valence-electron chi connectivity index (χ1n) is 6.64. The van der Waals surface area contributed by atoms with Gasteiger partial charge in [-0.25, -0.2) is 0 Å². The summed E-state index contributed by atoms with van der Waals surface area (Å²) in [6, 6.07) is 6.62. The number of benzene rings is 1. The van der Waals surface area contributed by atoms with Crippen LogP contribution in [0.1, 0.15) is 25.7 Å². The monoisotopic (exact) mass is 305 g/mol. The Hall–Kier alpha value is -0.880. The minimum atomic E-state index is -4.27. The number of methoxy groups -OCH3 is 1. The number of hydrogen-bond acceptors (Lipinski definition) is 3. The Bertz CT molecular complexity index is 439. The van der Waals surface area contributed by atoms with Crippen LogP contribution in [0.4, 0.5) is 18.9 Å². The second kappa shape index (κ2) is 6.72. The Morgan fingerprint density at radius 1 is 1.20 bits per heavy atom. The molecule has 2 unspecified atom stereocenters. The van der Waals surface area contributed by atoms with Crippen LogP contribution < -0.4 is 5.32 Å². The quantitative estimate of drug-likeness (QED) is 0.817. The van der Waals surface area contributed by atoms with Crippen LogP contribution in [-0.2, 0) is 4.74 Å². The fourth-order valence-corrected chi connectivity index (χ4v) is 3.18. The molecule has 1 fully saturated rings. The second-order valence-electron chi connectivity index (χ2n) is 4.85. The highest BCUT2D eigenvalue weighted by molar-refractivity contribution is 8.00. The predicted molar refractivity (Wildman–Crippen MR) is 75.0 cm³/mol. The van der Waals surface area contributed by atoms with Crippen LogP contribution in [0.25, 0.3) is 0 Å². The third-order valence-corrected chi connectivity index (χ3v) is 4.27. The van der Waals surface area contributed by atoms with Crippen molar-refractivity contribution in [3.05, 3.63) is 24.3 Å². The number of anilines is 1. The van der Waals surface area contributed by atoms with Crippen molar-refractivity contribution in [2.75, 3.05) is 12.4 Å². The zero-order valence-electron chi connectivity index (χ0n) is 11.2. The number of para-hydroxylation sites is 1. The van der Waals surface area contributed by atoms with E-state index >= 15 is 0 Å². The van der Waals surface area contributed by atoms with E-state index in [1.165, 1.54) is 6.07 Å². The van der Waals surface area contributed by atoms with Gasteiger partial charge in [-0.05, 0) is 36.7 Å². The van der Waals surface area contributed by atoms with Crippen molar-refractivity contribution in [2.24, 2.45) is 0 Å². The molecule has 1 aromatic rings. The smallest absolute Gasteiger partial charge is 0.379 e. The lowest BCUT2D eigenvalue weighted by Gasteiger charge is -2.32. The van der Waals surface area contributed by atoms with E-state index in [0.29, 0.717) is 5.69 Å². The topological polar surface area (TPSA) is 21.3 Å². The minimum absolute atomic E-state index is 0.0627. The van der Waals surface area contributed by atoms with Gasteiger partial charge in [0.1, 0.15) is 0 Å². The van der Waals surface area contributed by atoms with Gasteiger partial charge in [0.25, 0.3) is 0 Å². The molecule has 0 bridgehead atoms. The number of ether oxygens (including phenoxy) is 1. The van der Waals surface area contributed by atoms with E-state index in [0.717, 1.165) is 25.7 Å². The third kappa shape index (κ3) is 4.31. The van der Waals surface area contributed by atoms with Gasteiger partial charge in [0, 0.05) is 17.7 Å².